The van der Waals surface area contributed by atoms with Gasteiger partial charge < -0.3 is 5.32 Å². The molecule has 0 fully saturated rings. The zero-order valence-corrected chi connectivity index (χ0v) is 12.6. The second-order valence-electron chi connectivity index (χ2n) is 4.78. The quantitative estimate of drug-likeness (QED) is 0.782. The number of anilines is 1. The van der Waals surface area contributed by atoms with Crippen LogP contribution >= 0.6 is 11.6 Å². The molecule has 0 aliphatic heterocycles. The summed E-state index contributed by atoms with van der Waals surface area (Å²) in [4.78, 5) is 4.01. The van der Waals surface area contributed by atoms with Crippen molar-refractivity contribution in [2.24, 2.45) is 0 Å². The van der Waals surface area contributed by atoms with E-state index < -0.39 is 11.7 Å². The summed E-state index contributed by atoms with van der Waals surface area (Å²) in [5.74, 6) is 0.688. The van der Waals surface area contributed by atoms with Gasteiger partial charge >= 0.3 is 6.18 Å². The van der Waals surface area contributed by atoms with E-state index in [1.165, 1.54) is 10.6 Å². The minimum absolute atomic E-state index is 0.0811. The zero-order chi connectivity index (χ0) is 17.3. The molecular weight excluding hydrogens is 345 g/mol. The molecule has 0 aliphatic rings. The lowest BCUT2D eigenvalue weighted by molar-refractivity contribution is -0.137. The molecule has 24 heavy (non-hydrogen) atoms. The van der Waals surface area contributed by atoms with Crippen molar-refractivity contribution in [3.63, 3.8) is 0 Å². The number of alkyl halides is 3. The van der Waals surface area contributed by atoms with Gasteiger partial charge in [0.15, 0.2) is 11.5 Å². The molecule has 0 bridgehead atoms. The molecule has 0 saturated carbocycles. The first kappa shape index (κ1) is 16.0. The summed E-state index contributed by atoms with van der Waals surface area (Å²) in [5, 5.41) is 19.1. The van der Waals surface area contributed by atoms with Crippen LogP contribution in [0.5, 0.6) is 0 Å². The average molecular weight is 353 g/mol. The van der Waals surface area contributed by atoms with Crippen LogP contribution < -0.4 is 5.32 Å². The smallest absolute Gasteiger partial charge is 0.363 e. The van der Waals surface area contributed by atoms with Crippen LogP contribution in [0.4, 0.5) is 19.0 Å². The summed E-state index contributed by atoms with van der Waals surface area (Å²) in [6, 6.07) is 5.89. The molecule has 3 aromatic rings. The van der Waals surface area contributed by atoms with Crippen molar-refractivity contribution >= 4 is 23.1 Å². The van der Waals surface area contributed by atoms with Crippen LogP contribution in [0.15, 0.2) is 30.6 Å². The van der Waals surface area contributed by atoms with Gasteiger partial charge in [-0.25, -0.2) is 4.98 Å². The van der Waals surface area contributed by atoms with Crippen molar-refractivity contribution in [2.75, 3.05) is 5.32 Å². The Labute approximate surface area is 138 Å². The molecule has 0 saturated heterocycles. The number of halogens is 4. The molecule has 0 spiro atoms. The van der Waals surface area contributed by atoms with Crippen LogP contribution in [0.2, 0.25) is 5.02 Å². The van der Waals surface area contributed by atoms with Gasteiger partial charge in [-0.2, -0.15) is 18.4 Å². The number of pyridine rings is 2. The van der Waals surface area contributed by atoms with Crippen molar-refractivity contribution in [3.8, 4) is 6.07 Å². The van der Waals surface area contributed by atoms with Crippen molar-refractivity contribution < 1.29 is 13.2 Å². The van der Waals surface area contributed by atoms with Crippen LogP contribution in [-0.4, -0.2) is 19.6 Å². The van der Waals surface area contributed by atoms with Gasteiger partial charge in [0.1, 0.15) is 11.9 Å². The summed E-state index contributed by atoms with van der Waals surface area (Å²) in [5.41, 5.74) is -0.359. The third-order valence-electron chi connectivity index (χ3n) is 3.18. The van der Waals surface area contributed by atoms with Crippen LogP contribution in [-0.2, 0) is 12.7 Å². The van der Waals surface area contributed by atoms with E-state index in [9.17, 15) is 13.2 Å². The zero-order valence-electron chi connectivity index (χ0n) is 11.8. The summed E-state index contributed by atoms with van der Waals surface area (Å²) in [6.07, 6.45) is -2.26. The minimum atomic E-state index is -4.53. The monoisotopic (exact) mass is 352 g/mol. The first-order valence-electron chi connectivity index (χ1n) is 6.59. The summed E-state index contributed by atoms with van der Waals surface area (Å²) < 4.78 is 39.9. The van der Waals surface area contributed by atoms with E-state index in [0.717, 1.165) is 12.3 Å². The lowest BCUT2D eigenvalue weighted by Crippen LogP contribution is -2.09. The fraction of sp³-hybridized carbons (Fsp3) is 0.143. The van der Waals surface area contributed by atoms with E-state index in [2.05, 4.69) is 20.5 Å². The first-order valence-corrected chi connectivity index (χ1v) is 6.96. The van der Waals surface area contributed by atoms with Gasteiger partial charge in [-0.05, 0) is 18.2 Å². The highest BCUT2D eigenvalue weighted by molar-refractivity contribution is 6.33. The number of nitriles is 1. The molecular formula is C14H8ClF3N6. The fourth-order valence-electron chi connectivity index (χ4n) is 2.01. The van der Waals surface area contributed by atoms with Gasteiger partial charge in [0.05, 0.1) is 22.7 Å². The van der Waals surface area contributed by atoms with Crippen molar-refractivity contribution in [1.82, 2.24) is 19.6 Å². The highest BCUT2D eigenvalue weighted by atomic mass is 35.5. The second kappa shape index (κ2) is 5.98. The number of hydrogen-bond donors (Lipinski definition) is 1. The van der Waals surface area contributed by atoms with Crippen LogP contribution in [0, 0.1) is 11.3 Å². The lowest BCUT2D eigenvalue weighted by Gasteiger charge is -2.09. The van der Waals surface area contributed by atoms with Crippen LogP contribution in [0.25, 0.3) is 5.65 Å². The van der Waals surface area contributed by atoms with Gasteiger partial charge in [-0.3, -0.25) is 4.40 Å². The predicted molar refractivity (Wildman–Crippen MR) is 79.3 cm³/mol. The maximum atomic E-state index is 12.9. The number of nitrogens with one attached hydrogen (secondary N) is 1. The van der Waals surface area contributed by atoms with Crippen molar-refractivity contribution in [1.29, 1.82) is 5.26 Å². The summed E-state index contributed by atoms with van der Waals surface area (Å²) >= 11 is 5.85. The third-order valence-corrected chi connectivity index (χ3v) is 3.46. The molecule has 0 radical (unpaired) electrons. The largest absolute Gasteiger partial charge is 0.417 e. The second-order valence-corrected chi connectivity index (χ2v) is 5.19. The SMILES string of the molecule is N#Cc1ccc(NCc2nnc3c(Cl)cc(C(F)(F)F)cn23)nc1. The van der Waals surface area contributed by atoms with E-state index in [4.69, 9.17) is 16.9 Å². The lowest BCUT2D eigenvalue weighted by atomic mass is 10.2. The van der Waals surface area contributed by atoms with Gasteiger partial charge in [0.25, 0.3) is 0 Å². The number of fused-ring (bicyclic) bond motifs is 1. The van der Waals surface area contributed by atoms with Gasteiger partial charge in [-0.1, -0.05) is 11.6 Å². The standard InChI is InChI=1S/C14H8ClF3N6/c15-10-3-9(14(16,17)18)7-24-12(22-23-13(10)24)6-21-11-2-1-8(4-19)5-20-11/h1-3,5,7H,6H2,(H,20,21). The number of nitrogens with zero attached hydrogens (tertiary/aromatic N) is 5. The predicted octanol–water partition coefficient (Wildman–Crippen LogP) is 3.28. The normalized spacial score (nSPS) is 11.5. The average Bonchev–Trinajstić information content (AvgIpc) is 2.96. The Bertz CT molecular complexity index is 927. The van der Waals surface area contributed by atoms with Crippen LogP contribution in [0.3, 0.4) is 0 Å². The third kappa shape index (κ3) is 3.09. The fourth-order valence-corrected chi connectivity index (χ4v) is 2.26. The number of rotatable bonds is 3. The van der Waals surface area contributed by atoms with Gasteiger partial charge in [-0.15, -0.1) is 10.2 Å². The molecule has 122 valence electrons. The number of hydrogen-bond acceptors (Lipinski definition) is 5. The maximum absolute atomic E-state index is 12.9. The minimum Gasteiger partial charge on any atom is -0.363 e. The molecule has 1 N–H and O–H groups in total. The van der Waals surface area contributed by atoms with Crippen molar-refractivity contribution in [3.05, 3.63) is 52.6 Å². The molecule has 3 heterocycles. The molecule has 0 unspecified atom stereocenters. The molecule has 3 rings (SSSR count). The Morgan fingerprint density at radius 3 is 2.71 bits per heavy atom. The molecule has 0 amide bonds. The van der Waals surface area contributed by atoms with Crippen LogP contribution in [0.1, 0.15) is 17.0 Å². The van der Waals surface area contributed by atoms with E-state index in [1.54, 1.807) is 12.1 Å². The summed E-state index contributed by atoms with van der Waals surface area (Å²) in [7, 11) is 0. The van der Waals surface area contributed by atoms with Gasteiger partial charge in [0.2, 0.25) is 0 Å². The Morgan fingerprint density at radius 1 is 1.29 bits per heavy atom. The van der Waals surface area contributed by atoms with E-state index in [0.29, 0.717) is 11.4 Å². The molecule has 6 nitrogen and oxygen atoms in total. The highest BCUT2D eigenvalue weighted by Crippen LogP contribution is 2.32. The molecule has 0 aliphatic carbocycles. The maximum Gasteiger partial charge on any atom is 0.417 e. The Hall–Kier alpha value is -2.86. The molecule has 0 atom stereocenters. The molecule has 10 heteroatoms. The Balaban J connectivity index is 1.89. The molecule has 3 aromatic heterocycles. The Kier molecular flexibility index (Phi) is 3.99. The van der Waals surface area contributed by atoms with E-state index in [1.807, 2.05) is 6.07 Å². The van der Waals surface area contributed by atoms with Gasteiger partial charge in [0, 0.05) is 12.4 Å². The number of aromatic nitrogens is 4. The van der Waals surface area contributed by atoms with E-state index >= 15 is 0 Å². The molecule has 0 aromatic carbocycles. The van der Waals surface area contributed by atoms with Crippen molar-refractivity contribution in [2.45, 2.75) is 12.7 Å². The van der Waals surface area contributed by atoms with E-state index in [-0.39, 0.29) is 23.0 Å². The topological polar surface area (TPSA) is 78.9 Å². The Morgan fingerprint density at radius 2 is 2.08 bits per heavy atom. The summed E-state index contributed by atoms with van der Waals surface area (Å²) in [6.45, 7) is 0.0811. The first-order chi connectivity index (χ1) is 11.4. The highest BCUT2D eigenvalue weighted by Gasteiger charge is 2.32.